The van der Waals surface area contributed by atoms with Gasteiger partial charge in [-0.05, 0) is 29.7 Å². The van der Waals surface area contributed by atoms with E-state index >= 15 is 0 Å². The number of oxazole rings is 1. The molecule has 0 unspecified atom stereocenters. The van der Waals surface area contributed by atoms with Crippen molar-refractivity contribution in [2.45, 2.75) is 19.9 Å². The van der Waals surface area contributed by atoms with Crippen LogP contribution in [0.15, 0.2) is 46.9 Å². The number of hydrogen-bond donors (Lipinski definition) is 1. The summed E-state index contributed by atoms with van der Waals surface area (Å²) in [5.74, 6) is 0. The Hall–Kier alpha value is -2.49. The number of nitrogens with two attached hydrogens (primary N) is 1. The molecule has 0 aliphatic heterocycles. The highest BCUT2D eigenvalue weighted by Crippen LogP contribution is 2.24. The average molecular weight is 281 g/mol. The predicted octanol–water partition coefficient (Wildman–Crippen LogP) is 3.61. The number of fused-ring (bicyclic) bond motifs is 1. The molecule has 1 heterocycles. The first-order chi connectivity index (χ1) is 10.2. The zero-order valence-corrected chi connectivity index (χ0v) is 12.3. The van der Waals surface area contributed by atoms with E-state index in [1.807, 2.05) is 24.1 Å². The van der Waals surface area contributed by atoms with E-state index in [0.717, 1.165) is 24.1 Å². The molecule has 108 valence electrons. The minimum atomic E-state index is 0.607. The van der Waals surface area contributed by atoms with Crippen LogP contribution in [0.5, 0.6) is 0 Å². The summed E-state index contributed by atoms with van der Waals surface area (Å²) < 4.78 is 5.76. The lowest BCUT2D eigenvalue weighted by Gasteiger charge is -2.14. The molecule has 0 spiro atoms. The smallest absolute Gasteiger partial charge is 0.298 e. The summed E-state index contributed by atoms with van der Waals surface area (Å²) in [6, 6.07) is 14.7. The van der Waals surface area contributed by atoms with Crippen LogP contribution in [0.3, 0.4) is 0 Å². The predicted molar refractivity (Wildman–Crippen MR) is 86.3 cm³/mol. The number of nitrogen functional groups attached to an aromatic ring is 1. The first-order valence-corrected chi connectivity index (χ1v) is 7.10. The Morgan fingerprint density at radius 1 is 1.10 bits per heavy atom. The molecule has 0 atom stereocenters. The van der Waals surface area contributed by atoms with Crippen molar-refractivity contribution in [1.82, 2.24) is 4.98 Å². The first kappa shape index (κ1) is 13.5. The van der Waals surface area contributed by atoms with Crippen molar-refractivity contribution in [2.75, 3.05) is 17.7 Å². The fraction of sp³-hybridized carbons (Fsp3) is 0.235. The molecule has 4 nitrogen and oxygen atoms in total. The maximum atomic E-state index is 5.76. The molecule has 3 aromatic rings. The summed E-state index contributed by atoms with van der Waals surface area (Å²) in [6.07, 6.45) is 1.06. The zero-order valence-electron chi connectivity index (χ0n) is 12.3. The standard InChI is InChI=1S/C17H19N3O/c1-3-12-4-6-13(7-5-12)11-20(2)17-19-15-9-8-14(18)10-16(15)21-17/h4-10H,3,11,18H2,1-2H3. The Labute approximate surface area is 124 Å². The summed E-state index contributed by atoms with van der Waals surface area (Å²) >= 11 is 0. The van der Waals surface area contributed by atoms with Gasteiger partial charge in [0.15, 0.2) is 5.58 Å². The molecule has 21 heavy (non-hydrogen) atoms. The number of nitrogens with zero attached hydrogens (tertiary/aromatic N) is 2. The van der Waals surface area contributed by atoms with E-state index in [1.54, 1.807) is 6.07 Å². The van der Waals surface area contributed by atoms with Crippen molar-refractivity contribution in [3.8, 4) is 0 Å². The second-order valence-corrected chi connectivity index (χ2v) is 5.25. The van der Waals surface area contributed by atoms with E-state index in [4.69, 9.17) is 10.2 Å². The van der Waals surface area contributed by atoms with Crippen molar-refractivity contribution in [1.29, 1.82) is 0 Å². The minimum absolute atomic E-state index is 0.607. The molecular weight excluding hydrogens is 262 g/mol. The normalized spacial score (nSPS) is 11.0. The van der Waals surface area contributed by atoms with Gasteiger partial charge in [-0.15, -0.1) is 0 Å². The topological polar surface area (TPSA) is 55.3 Å². The molecule has 3 rings (SSSR count). The van der Waals surface area contributed by atoms with Gasteiger partial charge in [0.2, 0.25) is 0 Å². The molecule has 0 radical (unpaired) electrons. The van der Waals surface area contributed by atoms with Gasteiger partial charge in [-0.1, -0.05) is 31.2 Å². The molecule has 0 saturated carbocycles. The quantitative estimate of drug-likeness (QED) is 0.742. The van der Waals surface area contributed by atoms with Gasteiger partial charge in [0.05, 0.1) is 0 Å². The fourth-order valence-corrected chi connectivity index (χ4v) is 2.31. The van der Waals surface area contributed by atoms with Gasteiger partial charge in [-0.2, -0.15) is 4.98 Å². The third kappa shape index (κ3) is 2.84. The molecule has 0 fully saturated rings. The highest BCUT2D eigenvalue weighted by Gasteiger charge is 2.11. The Balaban J connectivity index is 1.80. The zero-order chi connectivity index (χ0) is 14.8. The number of aromatic nitrogens is 1. The number of aryl methyl sites for hydroxylation is 1. The summed E-state index contributed by atoms with van der Waals surface area (Å²) in [5, 5.41) is 0. The molecule has 1 aromatic heterocycles. The molecule has 2 N–H and O–H groups in total. The third-order valence-electron chi connectivity index (χ3n) is 3.58. The fourth-order valence-electron chi connectivity index (χ4n) is 2.31. The van der Waals surface area contributed by atoms with E-state index in [1.165, 1.54) is 11.1 Å². The Morgan fingerprint density at radius 3 is 2.52 bits per heavy atom. The van der Waals surface area contributed by atoms with Crippen LogP contribution < -0.4 is 10.6 Å². The summed E-state index contributed by atoms with van der Waals surface area (Å²) in [7, 11) is 1.97. The van der Waals surface area contributed by atoms with Crippen LogP contribution in [-0.2, 0) is 13.0 Å². The van der Waals surface area contributed by atoms with Gasteiger partial charge in [-0.3, -0.25) is 0 Å². The van der Waals surface area contributed by atoms with Crippen LogP contribution in [0.25, 0.3) is 11.1 Å². The summed E-state index contributed by atoms with van der Waals surface area (Å²) in [4.78, 5) is 6.48. The van der Waals surface area contributed by atoms with Crippen LogP contribution in [0, 0.1) is 0 Å². The molecule has 2 aromatic carbocycles. The molecule has 0 aliphatic rings. The van der Waals surface area contributed by atoms with E-state index in [2.05, 4.69) is 36.2 Å². The largest absolute Gasteiger partial charge is 0.423 e. The van der Waals surface area contributed by atoms with E-state index < -0.39 is 0 Å². The Morgan fingerprint density at radius 2 is 1.81 bits per heavy atom. The van der Waals surface area contributed by atoms with Crippen molar-refractivity contribution >= 4 is 22.8 Å². The molecule has 0 bridgehead atoms. The van der Waals surface area contributed by atoms with Gasteiger partial charge >= 0.3 is 0 Å². The maximum Gasteiger partial charge on any atom is 0.298 e. The molecule has 0 aliphatic carbocycles. The van der Waals surface area contributed by atoms with Crippen LogP contribution in [0.2, 0.25) is 0 Å². The Bertz CT molecular complexity index is 746. The second kappa shape index (κ2) is 5.48. The number of hydrogen-bond acceptors (Lipinski definition) is 4. The van der Waals surface area contributed by atoms with Gasteiger partial charge in [0.25, 0.3) is 6.01 Å². The van der Waals surface area contributed by atoms with Gasteiger partial charge in [0, 0.05) is 25.3 Å². The molecular formula is C17H19N3O. The number of anilines is 2. The van der Waals surface area contributed by atoms with Gasteiger partial charge in [0.1, 0.15) is 5.52 Å². The van der Waals surface area contributed by atoms with Gasteiger partial charge < -0.3 is 15.1 Å². The van der Waals surface area contributed by atoms with E-state index in [-0.39, 0.29) is 0 Å². The van der Waals surface area contributed by atoms with Crippen molar-refractivity contribution in [2.24, 2.45) is 0 Å². The summed E-state index contributed by atoms with van der Waals surface area (Å²) in [5.41, 5.74) is 10.6. The lowest BCUT2D eigenvalue weighted by Crippen LogP contribution is -2.16. The van der Waals surface area contributed by atoms with Crippen molar-refractivity contribution < 1.29 is 4.42 Å². The van der Waals surface area contributed by atoms with Crippen LogP contribution >= 0.6 is 0 Å². The molecule has 0 saturated heterocycles. The SMILES string of the molecule is CCc1ccc(CN(C)c2nc3ccc(N)cc3o2)cc1. The first-order valence-electron chi connectivity index (χ1n) is 7.10. The highest BCUT2D eigenvalue weighted by atomic mass is 16.4. The van der Waals surface area contributed by atoms with Crippen molar-refractivity contribution in [3.63, 3.8) is 0 Å². The van der Waals surface area contributed by atoms with E-state index in [0.29, 0.717) is 11.7 Å². The third-order valence-corrected chi connectivity index (χ3v) is 3.58. The number of benzene rings is 2. The number of rotatable bonds is 4. The van der Waals surface area contributed by atoms with Crippen molar-refractivity contribution in [3.05, 3.63) is 53.6 Å². The molecule has 4 heteroatoms. The minimum Gasteiger partial charge on any atom is -0.423 e. The van der Waals surface area contributed by atoms with Crippen LogP contribution in [-0.4, -0.2) is 12.0 Å². The second-order valence-electron chi connectivity index (χ2n) is 5.25. The lowest BCUT2D eigenvalue weighted by atomic mass is 10.1. The summed E-state index contributed by atoms with van der Waals surface area (Å²) in [6.45, 7) is 2.91. The van der Waals surface area contributed by atoms with Crippen LogP contribution in [0.1, 0.15) is 18.1 Å². The van der Waals surface area contributed by atoms with Gasteiger partial charge in [-0.25, -0.2) is 0 Å². The average Bonchev–Trinajstić information content (AvgIpc) is 2.91. The monoisotopic (exact) mass is 281 g/mol. The van der Waals surface area contributed by atoms with E-state index in [9.17, 15) is 0 Å². The lowest BCUT2D eigenvalue weighted by molar-refractivity contribution is 0.582. The molecule has 0 amide bonds. The maximum absolute atomic E-state index is 5.76. The highest BCUT2D eigenvalue weighted by molar-refractivity contribution is 5.78. The van der Waals surface area contributed by atoms with Crippen LogP contribution in [0.4, 0.5) is 11.7 Å². The Kier molecular flexibility index (Phi) is 3.52.